The fourth-order valence-corrected chi connectivity index (χ4v) is 4.68. The number of ether oxygens (including phenoxy) is 1. The number of nitrogens with two attached hydrogens (primary N) is 1. The van der Waals surface area contributed by atoms with Crippen LogP contribution >= 0.6 is 11.6 Å². The number of carbonyl (C=O) groups is 1. The number of hydrogen-bond donors (Lipinski definition) is 3. The van der Waals surface area contributed by atoms with Gasteiger partial charge in [0.25, 0.3) is 5.91 Å². The fraction of sp³-hybridized carbons (Fsp3) is 0.667. The van der Waals surface area contributed by atoms with Crippen molar-refractivity contribution < 1.29 is 19.7 Å². The van der Waals surface area contributed by atoms with Gasteiger partial charge in [0.05, 0.1) is 19.8 Å². The average Bonchev–Trinajstić information content (AvgIpc) is 2.72. The van der Waals surface area contributed by atoms with Crippen LogP contribution in [0.5, 0.6) is 0 Å². The molecule has 1 aromatic rings. The summed E-state index contributed by atoms with van der Waals surface area (Å²) in [5, 5.41) is 6.09. The number of benzene rings is 1. The molecule has 1 aliphatic carbocycles. The molecule has 3 rings (SSSR count). The molecule has 6 heteroatoms. The van der Waals surface area contributed by atoms with Crippen molar-refractivity contribution in [2.24, 2.45) is 0 Å². The minimum absolute atomic E-state index is 0.133. The molecular formula is C21H34ClN3O2+2. The van der Waals surface area contributed by atoms with Crippen LogP contribution in [0.4, 0.5) is 0 Å². The first-order valence-corrected chi connectivity index (χ1v) is 10.8. The van der Waals surface area contributed by atoms with Crippen molar-refractivity contribution in [2.75, 3.05) is 39.4 Å². The molecule has 2 aliphatic rings. The second kappa shape index (κ2) is 9.87. The highest BCUT2D eigenvalue weighted by Crippen LogP contribution is 2.25. The lowest BCUT2D eigenvalue weighted by atomic mass is 9.79. The summed E-state index contributed by atoms with van der Waals surface area (Å²) in [5.41, 5.74) is 1.40. The highest BCUT2D eigenvalue weighted by Gasteiger charge is 2.42. The van der Waals surface area contributed by atoms with Gasteiger partial charge >= 0.3 is 0 Å². The van der Waals surface area contributed by atoms with Gasteiger partial charge < -0.3 is 20.3 Å². The summed E-state index contributed by atoms with van der Waals surface area (Å²) in [7, 11) is 0. The van der Waals surface area contributed by atoms with Crippen molar-refractivity contribution in [3.8, 4) is 0 Å². The van der Waals surface area contributed by atoms with Crippen LogP contribution in [0.25, 0.3) is 0 Å². The zero-order valence-corrected chi connectivity index (χ0v) is 17.2. The highest BCUT2D eigenvalue weighted by atomic mass is 35.5. The summed E-state index contributed by atoms with van der Waals surface area (Å²) in [4.78, 5) is 14.1. The Balaban J connectivity index is 1.49. The van der Waals surface area contributed by atoms with Crippen molar-refractivity contribution in [3.63, 3.8) is 0 Å². The molecule has 0 unspecified atom stereocenters. The van der Waals surface area contributed by atoms with Gasteiger partial charge in [0.2, 0.25) is 0 Å². The molecule has 2 fully saturated rings. The molecule has 5 nitrogen and oxygen atoms in total. The van der Waals surface area contributed by atoms with Crippen molar-refractivity contribution in [2.45, 2.75) is 50.6 Å². The SMILES string of the molecule is C[C@H]([NH2+]CC(=O)NCC1([NH+]2CCOCC2)CCCCC1)c1ccc(Cl)cc1. The Morgan fingerprint density at radius 2 is 1.89 bits per heavy atom. The van der Waals surface area contributed by atoms with E-state index in [1.54, 1.807) is 4.90 Å². The van der Waals surface area contributed by atoms with Crippen LogP contribution < -0.4 is 15.5 Å². The zero-order valence-electron chi connectivity index (χ0n) is 16.4. The van der Waals surface area contributed by atoms with Gasteiger partial charge in [-0.05, 0) is 31.9 Å². The van der Waals surface area contributed by atoms with Crippen LogP contribution in [-0.4, -0.2) is 50.8 Å². The third-order valence-corrected chi connectivity index (χ3v) is 6.59. The van der Waals surface area contributed by atoms with E-state index in [1.807, 2.05) is 24.3 Å². The van der Waals surface area contributed by atoms with Gasteiger partial charge in [0, 0.05) is 23.4 Å². The van der Waals surface area contributed by atoms with Gasteiger partial charge in [-0.25, -0.2) is 0 Å². The number of nitrogens with one attached hydrogen (secondary N) is 2. The van der Waals surface area contributed by atoms with E-state index in [0.29, 0.717) is 6.54 Å². The van der Waals surface area contributed by atoms with Crippen LogP contribution in [0, 0.1) is 0 Å². The molecule has 1 amide bonds. The average molecular weight is 396 g/mol. The van der Waals surface area contributed by atoms with Gasteiger partial charge in [-0.15, -0.1) is 0 Å². The predicted octanol–water partition coefficient (Wildman–Crippen LogP) is 0.699. The van der Waals surface area contributed by atoms with E-state index in [4.69, 9.17) is 16.3 Å². The summed E-state index contributed by atoms with van der Waals surface area (Å²) in [6, 6.07) is 8.10. The Hall–Kier alpha value is -1.14. The first kappa shape index (κ1) is 20.6. The molecule has 150 valence electrons. The smallest absolute Gasteiger partial charge is 0.275 e. The van der Waals surface area contributed by atoms with Gasteiger partial charge in [-0.2, -0.15) is 0 Å². The number of halogens is 1. The normalized spacial score (nSPS) is 21.6. The lowest BCUT2D eigenvalue weighted by Gasteiger charge is -2.44. The minimum atomic E-state index is 0.133. The fourth-order valence-electron chi connectivity index (χ4n) is 4.56. The molecule has 4 N–H and O–H groups in total. The summed E-state index contributed by atoms with van der Waals surface area (Å²) >= 11 is 5.95. The van der Waals surface area contributed by atoms with E-state index >= 15 is 0 Å². The van der Waals surface area contributed by atoms with Crippen molar-refractivity contribution in [1.29, 1.82) is 0 Å². The van der Waals surface area contributed by atoms with Crippen molar-refractivity contribution in [3.05, 3.63) is 34.9 Å². The second-order valence-electron chi connectivity index (χ2n) is 8.11. The van der Waals surface area contributed by atoms with Gasteiger partial charge in [0.15, 0.2) is 6.54 Å². The monoisotopic (exact) mass is 395 g/mol. The predicted molar refractivity (Wildman–Crippen MR) is 107 cm³/mol. The molecular weight excluding hydrogens is 362 g/mol. The molecule has 27 heavy (non-hydrogen) atoms. The lowest BCUT2D eigenvalue weighted by Crippen LogP contribution is -3.23. The van der Waals surface area contributed by atoms with Crippen LogP contribution in [-0.2, 0) is 9.53 Å². The largest absolute Gasteiger partial charge is 0.370 e. The third kappa shape index (κ3) is 5.67. The molecule has 0 aromatic heterocycles. The van der Waals surface area contributed by atoms with E-state index < -0.39 is 0 Å². The van der Waals surface area contributed by atoms with Crippen LogP contribution in [0.3, 0.4) is 0 Å². The maximum atomic E-state index is 12.5. The Kier molecular flexibility index (Phi) is 7.53. The molecule has 0 bridgehead atoms. The van der Waals surface area contributed by atoms with Crippen LogP contribution in [0.1, 0.15) is 50.6 Å². The van der Waals surface area contributed by atoms with Crippen molar-refractivity contribution in [1.82, 2.24) is 5.32 Å². The number of quaternary nitrogens is 2. The molecule has 1 saturated carbocycles. The molecule has 1 atom stereocenters. The first-order valence-electron chi connectivity index (χ1n) is 10.4. The molecule has 0 radical (unpaired) electrons. The molecule has 1 saturated heterocycles. The Morgan fingerprint density at radius 3 is 2.56 bits per heavy atom. The van der Waals surface area contributed by atoms with Crippen LogP contribution in [0.2, 0.25) is 5.02 Å². The second-order valence-corrected chi connectivity index (χ2v) is 8.55. The third-order valence-electron chi connectivity index (χ3n) is 6.33. The van der Waals surface area contributed by atoms with Crippen LogP contribution in [0.15, 0.2) is 24.3 Å². The maximum Gasteiger partial charge on any atom is 0.275 e. The number of amides is 1. The molecule has 0 spiro atoms. The molecule has 1 heterocycles. The zero-order chi connectivity index (χ0) is 19.1. The summed E-state index contributed by atoms with van der Waals surface area (Å²) in [6.45, 7) is 7.19. The van der Waals surface area contributed by atoms with E-state index in [9.17, 15) is 4.79 Å². The maximum absolute atomic E-state index is 12.5. The van der Waals surface area contributed by atoms with E-state index in [2.05, 4.69) is 17.6 Å². The number of morpholine rings is 1. The highest BCUT2D eigenvalue weighted by molar-refractivity contribution is 6.30. The Morgan fingerprint density at radius 1 is 1.22 bits per heavy atom. The number of hydrogen-bond acceptors (Lipinski definition) is 2. The standard InChI is InChI=1S/C21H32ClN3O2/c1-17(18-5-7-19(22)8-6-18)23-15-20(26)24-16-21(9-3-2-4-10-21)25-11-13-27-14-12-25/h5-8,17,23H,2-4,9-16H2,1H3,(H,24,26)/p+2/t17-/m0/s1. The molecule has 1 aromatic carbocycles. The first-order chi connectivity index (χ1) is 13.1. The van der Waals surface area contributed by atoms with Gasteiger partial charge in [-0.3, -0.25) is 4.79 Å². The van der Waals surface area contributed by atoms with Gasteiger partial charge in [0.1, 0.15) is 24.7 Å². The minimum Gasteiger partial charge on any atom is -0.370 e. The van der Waals surface area contributed by atoms with Gasteiger partial charge in [-0.1, -0.05) is 30.2 Å². The van der Waals surface area contributed by atoms with E-state index in [-0.39, 0.29) is 17.5 Å². The summed E-state index contributed by atoms with van der Waals surface area (Å²) < 4.78 is 5.55. The number of carbonyl (C=O) groups excluding carboxylic acids is 1. The Bertz CT molecular complexity index is 596. The van der Waals surface area contributed by atoms with E-state index in [0.717, 1.165) is 37.9 Å². The lowest BCUT2D eigenvalue weighted by molar-refractivity contribution is -0.960. The number of rotatable bonds is 7. The summed E-state index contributed by atoms with van der Waals surface area (Å²) in [6.07, 6.45) is 6.31. The topological polar surface area (TPSA) is 59.4 Å². The summed E-state index contributed by atoms with van der Waals surface area (Å²) in [5.74, 6) is 0.133. The van der Waals surface area contributed by atoms with E-state index in [1.165, 1.54) is 37.7 Å². The molecule has 1 aliphatic heterocycles. The Labute approximate surface area is 167 Å². The van der Waals surface area contributed by atoms with Crippen molar-refractivity contribution >= 4 is 17.5 Å². The quantitative estimate of drug-likeness (QED) is 0.636.